The summed E-state index contributed by atoms with van der Waals surface area (Å²) in [6, 6.07) is 2.80. The molecular weight excluding hydrogens is 342 g/mol. The van der Waals surface area contributed by atoms with Crippen molar-refractivity contribution in [3.05, 3.63) is 47.5 Å². The van der Waals surface area contributed by atoms with Gasteiger partial charge in [-0.25, -0.2) is 8.78 Å². The quantitative estimate of drug-likeness (QED) is 0.659. The van der Waals surface area contributed by atoms with Gasteiger partial charge in [-0.2, -0.15) is 0 Å². The summed E-state index contributed by atoms with van der Waals surface area (Å²) in [6.45, 7) is 1.27. The van der Waals surface area contributed by atoms with Gasteiger partial charge >= 0.3 is 0 Å². The van der Waals surface area contributed by atoms with E-state index in [0.29, 0.717) is 5.56 Å². The Morgan fingerprint density at radius 1 is 1.15 bits per heavy atom. The van der Waals surface area contributed by atoms with Crippen molar-refractivity contribution >= 4 is 17.7 Å². The molecule has 0 aromatic heterocycles. The van der Waals surface area contributed by atoms with Crippen LogP contribution in [0, 0.1) is 35.3 Å². The number of hydrogen-bond acceptors (Lipinski definition) is 3. The molecule has 1 aromatic carbocycles. The molecule has 1 heterocycles. The van der Waals surface area contributed by atoms with E-state index in [2.05, 4.69) is 5.32 Å². The first-order chi connectivity index (χ1) is 12.4. The van der Waals surface area contributed by atoms with Gasteiger partial charge in [0.1, 0.15) is 6.54 Å². The van der Waals surface area contributed by atoms with Gasteiger partial charge in [0.05, 0.1) is 17.9 Å². The summed E-state index contributed by atoms with van der Waals surface area (Å²) in [6.07, 6.45) is 4.82. The lowest BCUT2D eigenvalue weighted by atomic mass is 9.85. The summed E-state index contributed by atoms with van der Waals surface area (Å²) in [5, 5.41) is 2.62. The number of rotatable bonds is 4. The molecule has 4 rings (SSSR count). The lowest BCUT2D eigenvalue weighted by Crippen LogP contribution is -2.42. The van der Waals surface area contributed by atoms with Gasteiger partial charge in [0, 0.05) is 0 Å². The molecule has 0 radical (unpaired) electrons. The number of fused-ring (bicyclic) bond motifs is 5. The van der Waals surface area contributed by atoms with Crippen LogP contribution in [0.2, 0.25) is 0 Å². The largest absolute Gasteiger partial charge is 0.348 e. The van der Waals surface area contributed by atoms with E-state index >= 15 is 0 Å². The maximum Gasteiger partial charge on any atom is 0.240 e. The lowest BCUT2D eigenvalue weighted by molar-refractivity contribution is -0.144. The summed E-state index contributed by atoms with van der Waals surface area (Å²) in [5.74, 6) is -3.53. The van der Waals surface area contributed by atoms with E-state index in [1.54, 1.807) is 6.92 Å². The Bertz CT molecular complexity index is 808. The molecule has 2 bridgehead atoms. The molecule has 1 saturated heterocycles. The highest BCUT2D eigenvalue weighted by Gasteiger charge is 2.59. The number of halogens is 2. The normalized spacial score (nSPS) is 30.0. The van der Waals surface area contributed by atoms with Crippen molar-refractivity contribution in [3.8, 4) is 0 Å². The standard InChI is InChI=1S/C19H18F2N2O3/c1-9(10-4-5-13(20)14(21)7-10)22-15(24)8-23-18(25)16-11-2-3-12(6-11)17(16)19(23)26/h2-5,7,9,11-12,16-17H,6,8H2,1H3,(H,22,24). The highest BCUT2D eigenvalue weighted by molar-refractivity contribution is 6.08. The number of carbonyl (C=O) groups excluding carboxylic acids is 3. The third-order valence-electron chi connectivity index (χ3n) is 5.68. The highest BCUT2D eigenvalue weighted by atomic mass is 19.2. The Kier molecular flexibility index (Phi) is 3.89. The fraction of sp³-hybridized carbons (Fsp3) is 0.421. The zero-order chi connectivity index (χ0) is 18.6. The van der Waals surface area contributed by atoms with E-state index in [1.165, 1.54) is 6.07 Å². The van der Waals surface area contributed by atoms with Gasteiger partial charge in [0.25, 0.3) is 0 Å². The van der Waals surface area contributed by atoms with Gasteiger partial charge in [-0.05, 0) is 42.9 Å². The SMILES string of the molecule is CC(NC(=O)CN1C(=O)C2C3C=CC(C3)C2C1=O)c1ccc(F)c(F)c1. The van der Waals surface area contributed by atoms with Gasteiger partial charge in [-0.1, -0.05) is 18.2 Å². The summed E-state index contributed by atoms with van der Waals surface area (Å²) in [4.78, 5) is 38.4. The smallest absolute Gasteiger partial charge is 0.240 e. The number of nitrogens with zero attached hydrogens (tertiary/aromatic N) is 1. The summed E-state index contributed by atoms with van der Waals surface area (Å²) < 4.78 is 26.3. The molecule has 136 valence electrons. The minimum atomic E-state index is -0.996. The van der Waals surface area contributed by atoms with E-state index in [-0.39, 0.29) is 42.0 Å². The molecule has 1 aliphatic heterocycles. The molecule has 2 fully saturated rings. The van der Waals surface area contributed by atoms with Gasteiger partial charge in [0.15, 0.2) is 11.6 Å². The fourth-order valence-corrected chi connectivity index (χ4v) is 4.42. The molecule has 7 heteroatoms. The van der Waals surface area contributed by atoms with Gasteiger partial charge < -0.3 is 5.32 Å². The number of likely N-dealkylation sites (tertiary alicyclic amines) is 1. The van der Waals surface area contributed by atoms with E-state index in [9.17, 15) is 23.2 Å². The maximum atomic E-state index is 13.3. The second-order valence-corrected chi connectivity index (χ2v) is 7.23. The summed E-state index contributed by atoms with van der Waals surface area (Å²) in [5.41, 5.74) is 0.399. The molecule has 26 heavy (non-hydrogen) atoms. The van der Waals surface area contributed by atoms with Crippen LogP contribution in [0.15, 0.2) is 30.4 Å². The Hall–Kier alpha value is -2.57. The molecule has 1 saturated carbocycles. The Morgan fingerprint density at radius 3 is 2.35 bits per heavy atom. The molecule has 3 aliphatic rings. The molecule has 3 amide bonds. The number of allylic oxidation sites excluding steroid dienone is 2. The van der Waals surface area contributed by atoms with Crippen LogP contribution >= 0.6 is 0 Å². The van der Waals surface area contributed by atoms with E-state index in [4.69, 9.17) is 0 Å². The number of benzene rings is 1. The van der Waals surface area contributed by atoms with Gasteiger partial charge in [-0.3, -0.25) is 19.3 Å². The first-order valence-corrected chi connectivity index (χ1v) is 8.64. The molecule has 1 aromatic rings. The second kappa shape index (κ2) is 6.00. The molecular formula is C19H18F2N2O3. The Labute approximate surface area is 149 Å². The van der Waals surface area contributed by atoms with Gasteiger partial charge in [-0.15, -0.1) is 0 Å². The van der Waals surface area contributed by atoms with Crippen molar-refractivity contribution in [2.75, 3.05) is 6.54 Å². The third kappa shape index (κ3) is 2.53. The average Bonchev–Trinajstić information content (AvgIpc) is 3.27. The molecule has 5 atom stereocenters. The van der Waals surface area contributed by atoms with Crippen molar-refractivity contribution in [1.29, 1.82) is 0 Å². The first kappa shape index (κ1) is 16.9. The molecule has 5 nitrogen and oxygen atoms in total. The molecule has 0 spiro atoms. The van der Waals surface area contributed by atoms with Gasteiger partial charge in [0.2, 0.25) is 17.7 Å². The zero-order valence-electron chi connectivity index (χ0n) is 14.1. The van der Waals surface area contributed by atoms with Crippen molar-refractivity contribution in [2.45, 2.75) is 19.4 Å². The van der Waals surface area contributed by atoms with Crippen LogP contribution in [0.5, 0.6) is 0 Å². The predicted octanol–water partition coefficient (Wildman–Crippen LogP) is 1.95. The highest BCUT2D eigenvalue weighted by Crippen LogP contribution is 2.52. The van der Waals surface area contributed by atoms with Crippen LogP contribution in [-0.4, -0.2) is 29.2 Å². The van der Waals surface area contributed by atoms with Crippen molar-refractivity contribution in [3.63, 3.8) is 0 Å². The van der Waals surface area contributed by atoms with Crippen LogP contribution in [0.3, 0.4) is 0 Å². The number of nitrogens with one attached hydrogen (secondary N) is 1. The predicted molar refractivity (Wildman–Crippen MR) is 87.4 cm³/mol. The first-order valence-electron chi connectivity index (χ1n) is 8.64. The Morgan fingerprint density at radius 2 is 1.77 bits per heavy atom. The van der Waals surface area contributed by atoms with Crippen molar-refractivity contribution < 1.29 is 23.2 Å². The number of hydrogen-bond donors (Lipinski definition) is 1. The maximum absolute atomic E-state index is 13.3. The fourth-order valence-electron chi connectivity index (χ4n) is 4.42. The second-order valence-electron chi connectivity index (χ2n) is 7.23. The molecule has 1 N–H and O–H groups in total. The number of imide groups is 1. The zero-order valence-corrected chi connectivity index (χ0v) is 14.1. The molecule has 2 aliphatic carbocycles. The van der Waals surface area contributed by atoms with Crippen LogP contribution in [0.1, 0.15) is 24.9 Å². The third-order valence-corrected chi connectivity index (χ3v) is 5.68. The number of amides is 3. The minimum absolute atomic E-state index is 0.0932. The summed E-state index contributed by atoms with van der Waals surface area (Å²) in [7, 11) is 0. The lowest BCUT2D eigenvalue weighted by Gasteiger charge is -2.19. The summed E-state index contributed by atoms with van der Waals surface area (Å²) >= 11 is 0. The van der Waals surface area contributed by atoms with Crippen LogP contribution < -0.4 is 5.32 Å². The molecule has 5 unspecified atom stereocenters. The van der Waals surface area contributed by atoms with Crippen LogP contribution in [0.4, 0.5) is 8.78 Å². The average molecular weight is 360 g/mol. The van der Waals surface area contributed by atoms with E-state index < -0.39 is 23.6 Å². The van der Waals surface area contributed by atoms with E-state index in [1.807, 2.05) is 12.2 Å². The van der Waals surface area contributed by atoms with Crippen molar-refractivity contribution in [2.24, 2.45) is 23.7 Å². The topological polar surface area (TPSA) is 66.5 Å². The monoisotopic (exact) mass is 360 g/mol. The Balaban J connectivity index is 1.41. The van der Waals surface area contributed by atoms with E-state index in [0.717, 1.165) is 23.5 Å². The van der Waals surface area contributed by atoms with Crippen molar-refractivity contribution in [1.82, 2.24) is 10.2 Å². The van der Waals surface area contributed by atoms with Crippen LogP contribution in [-0.2, 0) is 14.4 Å². The van der Waals surface area contributed by atoms with Crippen LogP contribution in [0.25, 0.3) is 0 Å². The minimum Gasteiger partial charge on any atom is -0.348 e. The number of carbonyl (C=O) groups is 3.